The molecule has 0 bridgehead atoms. The van der Waals surface area contributed by atoms with Crippen molar-refractivity contribution in [2.45, 2.75) is 47.1 Å². The maximum absolute atomic E-state index is 5.08. The Balaban J connectivity index is 2.59. The predicted molar refractivity (Wildman–Crippen MR) is 84.0 cm³/mol. The molecule has 0 saturated heterocycles. The number of nitrogens with one attached hydrogen (secondary N) is 1. The third kappa shape index (κ3) is 5.63. The van der Waals surface area contributed by atoms with E-state index in [1.165, 1.54) is 5.69 Å². The molecule has 0 fully saturated rings. The third-order valence-corrected chi connectivity index (χ3v) is 3.75. The molecule has 1 aromatic heterocycles. The highest BCUT2D eigenvalue weighted by Crippen LogP contribution is 2.28. The molecule has 4 heteroatoms. The second-order valence-electron chi connectivity index (χ2n) is 6.84. The van der Waals surface area contributed by atoms with E-state index in [9.17, 15) is 0 Å². The molecule has 0 radical (unpaired) electrons. The summed E-state index contributed by atoms with van der Waals surface area (Å²) in [5.74, 6) is 0.565. The lowest BCUT2D eigenvalue weighted by Gasteiger charge is -2.30. The first kappa shape index (κ1) is 17.2. The summed E-state index contributed by atoms with van der Waals surface area (Å²) < 4.78 is 7.11. The molecule has 0 spiro atoms. The van der Waals surface area contributed by atoms with Crippen LogP contribution >= 0.6 is 0 Å². The lowest BCUT2D eigenvalue weighted by Crippen LogP contribution is -2.35. The normalized spacial score (nSPS) is 13.9. The van der Waals surface area contributed by atoms with Crippen LogP contribution in [0.25, 0.3) is 0 Å². The Labute approximate surface area is 123 Å². The largest absolute Gasteiger partial charge is 0.383 e. The van der Waals surface area contributed by atoms with E-state index in [0.29, 0.717) is 12.0 Å². The lowest BCUT2D eigenvalue weighted by molar-refractivity contribution is 0.186. The molecule has 1 unspecified atom stereocenters. The minimum Gasteiger partial charge on any atom is -0.383 e. The fourth-order valence-corrected chi connectivity index (χ4v) is 2.16. The van der Waals surface area contributed by atoms with Crippen molar-refractivity contribution in [2.24, 2.45) is 11.3 Å². The standard InChI is InChI=1S/C16H31N3O/c1-13(2)19-9-7-15(18-19)11-14(16(3,4)5)12-17-8-10-20-6/h7,9,13-14,17H,8,10-12H2,1-6H3. The number of rotatable bonds is 8. The van der Waals surface area contributed by atoms with Gasteiger partial charge in [-0.05, 0) is 44.2 Å². The van der Waals surface area contributed by atoms with E-state index in [1.807, 2.05) is 4.68 Å². The minimum atomic E-state index is 0.266. The maximum Gasteiger partial charge on any atom is 0.0628 e. The van der Waals surface area contributed by atoms with Crippen LogP contribution in [0, 0.1) is 11.3 Å². The summed E-state index contributed by atoms with van der Waals surface area (Å²) in [5, 5.41) is 8.15. The summed E-state index contributed by atoms with van der Waals surface area (Å²) in [7, 11) is 1.74. The van der Waals surface area contributed by atoms with Crippen LogP contribution in [0.5, 0.6) is 0 Å². The summed E-state index contributed by atoms with van der Waals surface area (Å²) in [6.07, 6.45) is 3.10. The van der Waals surface area contributed by atoms with Gasteiger partial charge in [0, 0.05) is 25.9 Å². The Bertz CT molecular complexity index is 379. The minimum absolute atomic E-state index is 0.266. The van der Waals surface area contributed by atoms with Gasteiger partial charge in [-0.15, -0.1) is 0 Å². The Morgan fingerprint density at radius 1 is 1.35 bits per heavy atom. The van der Waals surface area contributed by atoms with Crippen molar-refractivity contribution in [1.29, 1.82) is 0 Å². The van der Waals surface area contributed by atoms with E-state index in [1.54, 1.807) is 7.11 Å². The Morgan fingerprint density at radius 2 is 2.05 bits per heavy atom. The first-order valence-electron chi connectivity index (χ1n) is 7.58. The Hall–Kier alpha value is -0.870. The highest BCUT2D eigenvalue weighted by molar-refractivity contribution is 5.02. The number of nitrogens with zero attached hydrogens (tertiary/aromatic N) is 2. The molecule has 4 nitrogen and oxygen atoms in total. The van der Waals surface area contributed by atoms with Crippen molar-refractivity contribution in [3.8, 4) is 0 Å². The van der Waals surface area contributed by atoms with Crippen molar-refractivity contribution in [3.05, 3.63) is 18.0 Å². The zero-order chi connectivity index (χ0) is 15.2. The number of methoxy groups -OCH3 is 1. The summed E-state index contributed by atoms with van der Waals surface area (Å²) in [6, 6.07) is 2.57. The molecule has 1 N–H and O–H groups in total. The van der Waals surface area contributed by atoms with E-state index in [4.69, 9.17) is 4.74 Å². The predicted octanol–water partition coefficient (Wildman–Crippen LogP) is 2.90. The molecule has 0 saturated carbocycles. The molecular formula is C16H31N3O. The number of aromatic nitrogens is 2. The average Bonchev–Trinajstić information content (AvgIpc) is 2.80. The quantitative estimate of drug-likeness (QED) is 0.745. The molecular weight excluding hydrogens is 250 g/mol. The van der Waals surface area contributed by atoms with Gasteiger partial charge in [0.1, 0.15) is 0 Å². The zero-order valence-corrected chi connectivity index (χ0v) is 13.9. The summed E-state index contributed by atoms with van der Waals surface area (Å²) >= 11 is 0. The van der Waals surface area contributed by atoms with E-state index in [2.05, 4.69) is 57.3 Å². The highest BCUT2D eigenvalue weighted by atomic mass is 16.5. The monoisotopic (exact) mass is 281 g/mol. The van der Waals surface area contributed by atoms with E-state index in [-0.39, 0.29) is 5.41 Å². The fourth-order valence-electron chi connectivity index (χ4n) is 2.16. The molecule has 0 aliphatic rings. The summed E-state index contributed by atoms with van der Waals surface area (Å²) in [6.45, 7) is 13.9. The van der Waals surface area contributed by atoms with Gasteiger partial charge in [-0.2, -0.15) is 5.10 Å². The van der Waals surface area contributed by atoms with Gasteiger partial charge in [0.2, 0.25) is 0 Å². The maximum atomic E-state index is 5.08. The second kappa shape index (κ2) is 7.79. The van der Waals surface area contributed by atoms with Gasteiger partial charge >= 0.3 is 0 Å². The first-order valence-corrected chi connectivity index (χ1v) is 7.58. The van der Waals surface area contributed by atoms with Crippen molar-refractivity contribution in [1.82, 2.24) is 15.1 Å². The molecule has 0 aliphatic heterocycles. The molecule has 1 atom stereocenters. The first-order chi connectivity index (χ1) is 9.34. The van der Waals surface area contributed by atoms with Gasteiger partial charge in [0.05, 0.1) is 12.3 Å². The van der Waals surface area contributed by atoms with Crippen LogP contribution in [0.15, 0.2) is 12.3 Å². The lowest BCUT2D eigenvalue weighted by atomic mass is 9.78. The van der Waals surface area contributed by atoms with Crippen LogP contribution in [0.2, 0.25) is 0 Å². The Kier molecular flexibility index (Phi) is 6.69. The second-order valence-corrected chi connectivity index (χ2v) is 6.84. The average molecular weight is 281 g/mol. The van der Waals surface area contributed by atoms with Crippen LogP contribution in [0.4, 0.5) is 0 Å². The fraction of sp³-hybridized carbons (Fsp3) is 0.812. The van der Waals surface area contributed by atoms with E-state index >= 15 is 0 Å². The molecule has 1 rings (SSSR count). The van der Waals surface area contributed by atoms with E-state index < -0.39 is 0 Å². The van der Waals surface area contributed by atoms with Crippen LogP contribution in [-0.4, -0.2) is 36.6 Å². The van der Waals surface area contributed by atoms with Crippen LogP contribution in [0.3, 0.4) is 0 Å². The van der Waals surface area contributed by atoms with Crippen LogP contribution in [-0.2, 0) is 11.2 Å². The molecule has 0 aromatic carbocycles. The zero-order valence-electron chi connectivity index (χ0n) is 13.9. The van der Waals surface area contributed by atoms with Gasteiger partial charge in [0.25, 0.3) is 0 Å². The molecule has 0 aliphatic carbocycles. The number of hydrogen-bond acceptors (Lipinski definition) is 3. The third-order valence-electron chi connectivity index (χ3n) is 3.75. The van der Waals surface area contributed by atoms with Crippen molar-refractivity contribution >= 4 is 0 Å². The number of ether oxygens (including phenoxy) is 1. The van der Waals surface area contributed by atoms with Crippen LogP contribution < -0.4 is 5.32 Å². The van der Waals surface area contributed by atoms with Gasteiger partial charge < -0.3 is 10.1 Å². The van der Waals surface area contributed by atoms with Gasteiger partial charge in [-0.3, -0.25) is 4.68 Å². The van der Waals surface area contributed by atoms with E-state index in [0.717, 1.165) is 26.1 Å². The smallest absolute Gasteiger partial charge is 0.0628 e. The van der Waals surface area contributed by atoms with Crippen molar-refractivity contribution in [3.63, 3.8) is 0 Å². The summed E-state index contributed by atoms with van der Waals surface area (Å²) in [4.78, 5) is 0. The van der Waals surface area contributed by atoms with Gasteiger partial charge in [-0.25, -0.2) is 0 Å². The number of hydrogen-bond donors (Lipinski definition) is 1. The molecule has 0 amide bonds. The van der Waals surface area contributed by atoms with Gasteiger partial charge in [0.15, 0.2) is 0 Å². The van der Waals surface area contributed by atoms with Gasteiger partial charge in [-0.1, -0.05) is 20.8 Å². The van der Waals surface area contributed by atoms with Crippen molar-refractivity contribution in [2.75, 3.05) is 26.8 Å². The Morgan fingerprint density at radius 3 is 2.55 bits per heavy atom. The van der Waals surface area contributed by atoms with Crippen LogP contribution in [0.1, 0.15) is 46.4 Å². The molecule has 1 aromatic rings. The molecule has 116 valence electrons. The molecule has 20 heavy (non-hydrogen) atoms. The van der Waals surface area contributed by atoms with Crippen molar-refractivity contribution < 1.29 is 4.74 Å². The highest BCUT2D eigenvalue weighted by Gasteiger charge is 2.25. The SMILES string of the molecule is COCCNCC(Cc1ccn(C(C)C)n1)C(C)(C)C. The summed E-state index contributed by atoms with van der Waals surface area (Å²) in [5.41, 5.74) is 1.45. The molecule has 1 heterocycles. The topological polar surface area (TPSA) is 39.1 Å².